The van der Waals surface area contributed by atoms with Crippen LogP contribution in [0.3, 0.4) is 0 Å². The molecule has 0 fully saturated rings. The van der Waals surface area contributed by atoms with Crippen molar-refractivity contribution in [1.29, 1.82) is 0 Å². The molecule has 2 heterocycles. The minimum absolute atomic E-state index is 0. The van der Waals surface area contributed by atoms with Crippen LogP contribution in [0, 0.1) is 19.7 Å². The molecule has 154 valence electrons. The Labute approximate surface area is 179 Å². The van der Waals surface area contributed by atoms with Gasteiger partial charge in [0, 0.05) is 17.4 Å². The van der Waals surface area contributed by atoms with Gasteiger partial charge in [0.25, 0.3) is 5.91 Å². The quantitative estimate of drug-likeness (QED) is 0.255. The molecule has 6 nitrogen and oxygen atoms in total. The lowest BCUT2D eigenvalue weighted by Gasteiger charge is -2.15. The Kier molecular flexibility index (Phi) is 6.05. The van der Waals surface area contributed by atoms with Gasteiger partial charge in [-0.15, -0.1) is 12.4 Å². The molecule has 0 bridgehead atoms. The molecule has 2 aromatic carbocycles. The number of carbonyl (C=O) groups excluding carboxylic acids is 1. The van der Waals surface area contributed by atoms with Crippen molar-refractivity contribution in [3.8, 4) is 11.3 Å². The molecule has 8 heteroatoms. The molecule has 0 radical (unpaired) electrons. The summed E-state index contributed by atoms with van der Waals surface area (Å²) in [5.41, 5.74) is 7.19. The highest BCUT2D eigenvalue weighted by atomic mass is 35.5. The van der Waals surface area contributed by atoms with E-state index in [0.29, 0.717) is 28.3 Å². The number of aryl methyl sites for hydroxylation is 2. The van der Waals surface area contributed by atoms with Gasteiger partial charge in [-0.25, -0.2) is 15.2 Å². The number of nitrogens with zero attached hydrogens (tertiary/aromatic N) is 2. The number of pyridine rings is 1. The zero-order valence-corrected chi connectivity index (χ0v) is 17.3. The summed E-state index contributed by atoms with van der Waals surface area (Å²) in [4.78, 5) is 17.0. The van der Waals surface area contributed by atoms with Gasteiger partial charge in [-0.2, -0.15) is 0 Å². The van der Waals surface area contributed by atoms with Crippen molar-refractivity contribution in [2.75, 3.05) is 5.32 Å². The molecule has 0 unspecified atom stereocenters. The molecule has 0 spiro atoms. The van der Waals surface area contributed by atoms with E-state index in [2.05, 4.69) is 15.7 Å². The second-order valence-corrected chi connectivity index (χ2v) is 6.80. The van der Waals surface area contributed by atoms with Crippen molar-refractivity contribution in [3.05, 3.63) is 83.3 Å². The highest BCUT2D eigenvalue weighted by Gasteiger charge is 2.20. The van der Waals surface area contributed by atoms with Crippen molar-refractivity contribution in [3.63, 3.8) is 0 Å². The van der Waals surface area contributed by atoms with Crippen LogP contribution < -0.4 is 16.6 Å². The van der Waals surface area contributed by atoms with Gasteiger partial charge < -0.3 is 5.32 Å². The molecular weight excluding hydrogens is 405 g/mol. The Morgan fingerprint density at radius 3 is 2.43 bits per heavy atom. The average molecular weight is 426 g/mol. The van der Waals surface area contributed by atoms with Gasteiger partial charge in [0.2, 0.25) is 0 Å². The molecule has 0 saturated heterocycles. The van der Waals surface area contributed by atoms with Crippen LogP contribution in [0.2, 0.25) is 0 Å². The number of carbonyl (C=O) groups is 1. The summed E-state index contributed by atoms with van der Waals surface area (Å²) in [6, 6.07) is 15.9. The number of hydrogen-bond donors (Lipinski definition) is 3. The van der Waals surface area contributed by atoms with E-state index in [4.69, 9.17) is 5.84 Å². The number of nitrogens with one attached hydrogen (secondary N) is 2. The first-order valence-electron chi connectivity index (χ1n) is 9.11. The van der Waals surface area contributed by atoms with Gasteiger partial charge >= 0.3 is 0 Å². The van der Waals surface area contributed by atoms with Crippen LogP contribution in [0.1, 0.15) is 21.5 Å². The lowest BCUT2D eigenvalue weighted by atomic mass is 10.0. The molecule has 0 aliphatic rings. The zero-order chi connectivity index (χ0) is 20.5. The maximum absolute atomic E-state index is 14.0. The fourth-order valence-corrected chi connectivity index (χ4v) is 3.42. The van der Waals surface area contributed by atoms with Crippen LogP contribution in [0.25, 0.3) is 16.9 Å². The van der Waals surface area contributed by atoms with Gasteiger partial charge in [-0.05, 0) is 43.2 Å². The van der Waals surface area contributed by atoms with E-state index in [1.807, 2.05) is 38.1 Å². The van der Waals surface area contributed by atoms with E-state index in [-0.39, 0.29) is 18.2 Å². The first-order valence-corrected chi connectivity index (χ1v) is 9.11. The first kappa shape index (κ1) is 21.3. The zero-order valence-electron chi connectivity index (χ0n) is 16.4. The second kappa shape index (κ2) is 8.52. The third-order valence-electron chi connectivity index (χ3n) is 4.86. The SMILES string of the molecule is Cc1cccc(C)c1Nc1c(-c2ccccc2C(=O)NN)nc2ccc(F)cn12.Cl. The van der Waals surface area contributed by atoms with Crippen molar-refractivity contribution in [2.24, 2.45) is 5.84 Å². The predicted octanol–water partition coefficient (Wildman–Crippen LogP) is 4.53. The highest BCUT2D eigenvalue weighted by molar-refractivity contribution is 6.01. The van der Waals surface area contributed by atoms with Crippen LogP contribution in [0.4, 0.5) is 15.9 Å². The maximum atomic E-state index is 14.0. The van der Waals surface area contributed by atoms with Crippen LogP contribution in [-0.2, 0) is 0 Å². The average Bonchev–Trinajstić information content (AvgIpc) is 3.07. The van der Waals surface area contributed by atoms with Crippen molar-refractivity contribution < 1.29 is 9.18 Å². The van der Waals surface area contributed by atoms with Crippen LogP contribution in [0.15, 0.2) is 60.8 Å². The number of rotatable bonds is 4. The maximum Gasteiger partial charge on any atom is 0.265 e. The highest BCUT2D eigenvalue weighted by Crippen LogP contribution is 2.35. The topological polar surface area (TPSA) is 84.5 Å². The monoisotopic (exact) mass is 425 g/mol. The fraction of sp³-hybridized carbons (Fsp3) is 0.0909. The fourth-order valence-electron chi connectivity index (χ4n) is 3.42. The lowest BCUT2D eigenvalue weighted by Crippen LogP contribution is -2.30. The summed E-state index contributed by atoms with van der Waals surface area (Å²) in [6.07, 6.45) is 1.37. The smallest absolute Gasteiger partial charge is 0.265 e. The summed E-state index contributed by atoms with van der Waals surface area (Å²) in [7, 11) is 0. The van der Waals surface area contributed by atoms with E-state index in [1.165, 1.54) is 12.3 Å². The molecule has 2 aromatic heterocycles. The molecule has 30 heavy (non-hydrogen) atoms. The van der Waals surface area contributed by atoms with Gasteiger partial charge in [0.1, 0.15) is 23.0 Å². The number of fused-ring (bicyclic) bond motifs is 1. The third-order valence-corrected chi connectivity index (χ3v) is 4.86. The van der Waals surface area contributed by atoms with E-state index in [9.17, 15) is 9.18 Å². The van der Waals surface area contributed by atoms with Gasteiger partial charge in [0.15, 0.2) is 0 Å². The summed E-state index contributed by atoms with van der Waals surface area (Å²) < 4.78 is 15.7. The van der Waals surface area contributed by atoms with Gasteiger partial charge in [-0.1, -0.05) is 36.4 Å². The van der Waals surface area contributed by atoms with E-state index in [0.717, 1.165) is 16.8 Å². The molecule has 0 atom stereocenters. The third kappa shape index (κ3) is 3.72. The predicted molar refractivity (Wildman–Crippen MR) is 119 cm³/mol. The van der Waals surface area contributed by atoms with E-state index in [1.54, 1.807) is 28.7 Å². The largest absolute Gasteiger partial charge is 0.339 e. The number of para-hydroxylation sites is 1. The minimum atomic E-state index is -0.429. The molecular formula is C22H21ClFN5O. The van der Waals surface area contributed by atoms with E-state index >= 15 is 0 Å². The molecule has 0 saturated carbocycles. The summed E-state index contributed by atoms with van der Waals surface area (Å²) in [5.74, 6) is 5.10. The molecule has 4 aromatic rings. The normalized spacial score (nSPS) is 10.5. The van der Waals surface area contributed by atoms with Crippen LogP contribution in [-0.4, -0.2) is 15.3 Å². The molecule has 4 rings (SSSR count). The first-order chi connectivity index (χ1) is 14.0. The Morgan fingerprint density at radius 2 is 1.73 bits per heavy atom. The summed E-state index contributed by atoms with van der Waals surface area (Å²) in [5, 5.41) is 3.41. The standard InChI is InChI=1S/C22H20FN5O.ClH/c1-13-6-5-7-14(2)19(13)26-21-20(25-18-11-10-15(23)12-28(18)21)16-8-3-4-9-17(16)22(29)27-24;/h3-12,26H,24H2,1-2H3,(H,27,29);1H. The molecule has 1 amide bonds. The number of imidazole rings is 1. The van der Waals surface area contributed by atoms with Gasteiger partial charge in [-0.3, -0.25) is 14.6 Å². The number of hydrazine groups is 1. The van der Waals surface area contributed by atoms with Crippen molar-refractivity contribution in [2.45, 2.75) is 13.8 Å². The van der Waals surface area contributed by atoms with E-state index < -0.39 is 5.91 Å². The Hall–Kier alpha value is -3.42. The lowest BCUT2D eigenvalue weighted by molar-refractivity contribution is 0.0954. The minimum Gasteiger partial charge on any atom is -0.339 e. The Bertz CT molecular complexity index is 1220. The number of benzene rings is 2. The Morgan fingerprint density at radius 1 is 1.03 bits per heavy atom. The van der Waals surface area contributed by atoms with Crippen LogP contribution in [0.5, 0.6) is 0 Å². The number of anilines is 2. The number of nitrogens with two attached hydrogens (primary N) is 1. The number of hydrogen-bond acceptors (Lipinski definition) is 4. The summed E-state index contributed by atoms with van der Waals surface area (Å²) >= 11 is 0. The van der Waals surface area contributed by atoms with Crippen LogP contribution >= 0.6 is 12.4 Å². The number of aromatic nitrogens is 2. The number of amides is 1. The number of halogens is 2. The molecule has 0 aliphatic carbocycles. The van der Waals surface area contributed by atoms with Crippen molar-refractivity contribution >= 4 is 35.5 Å². The summed E-state index contributed by atoms with van der Waals surface area (Å²) in [6.45, 7) is 3.99. The van der Waals surface area contributed by atoms with Gasteiger partial charge in [0.05, 0.1) is 5.56 Å². The molecule has 4 N–H and O–H groups in total. The van der Waals surface area contributed by atoms with Crippen molar-refractivity contribution in [1.82, 2.24) is 14.8 Å². The second-order valence-electron chi connectivity index (χ2n) is 6.80. The Balaban J connectivity index is 0.00000256. The number of nitrogen functional groups attached to an aromatic ring is 1. The molecule has 0 aliphatic heterocycles.